The number of phenols is 1. The van der Waals surface area contributed by atoms with E-state index in [0.29, 0.717) is 39.8 Å². The van der Waals surface area contributed by atoms with E-state index in [2.05, 4.69) is 5.32 Å². The van der Waals surface area contributed by atoms with Gasteiger partial charge in [0.15, 0.2) is 11.5 Å². The fourth-order valence-electron chi connectivity index (χ4n) is 3.60. The third-order valence-corrected chi connectivity index (χ3v) is 5.09. The van der Waals surface area contributed by atoms with Crippen molar-refractivity contribution in [1.82, 2.24) is 0 Å². The number of ether oxygens (including phenoxy) is 3. The molecule has 3 aromatic carbocycles. The lowest BCUT2D eigenvalue weighted by Crippen LogP contribution is -2.43. The maximum absolute atomic E-state index is 13.5. The van der Waals surface area contributed by atoms with E-state index >= 15 is 0 Å². The fourth-order valence-corrected chi connectivity index (χ4v) is 3.60. The van der Waals surface area contributed by atoms with Gasteiger partial charge >= 0.3 is 0 Å². The van der Waals surface area contributed by atoms with Gasteiger partial charge in [-0.05, 0) is 42.0 Å². The summed E-state index contributed by atoms with van der Waals surface area (Å²) in [4.78, 5) is 15.2. The average molecular weight is 406 g/mol. The van der Waals surface area contributed by atoms with Crippen LogP contribution in [-0.4, -0.2) is 32.3 Å². The fraction of sp³-hybridized carbons (Fsp3) is 0.174. The van der Waals surface area contributed by atoms with Gasteiger partial charge in [-0.2, -0.15) is 0 Å². The standard InChI is InChI=1S/C23H22N2O5/c1-28-15-9-10-18(21(13-15)30-3)25-22(14-8-11-20(29-2)19(26)12-14)24-17-7-5-4-6-16(17)23(25)27/h4-13,22,24,26H,1-3H3. The number of carbonyl (C=O) groups is 1. The van der Waals surface area contributed by atoms with Gasteiger partial charge in [0.1, 0.15) is 17.7 Å². The van der Waals surface area contributed by atoms with E-state index < -0.39 is 6.17 Å². The van der Waals surface area contributed by atoms with Crippen LogP contribution in [0.15, 0.2) is 60.7 Å². The van der Waals surface area contributed by atoms with E-state index in [9.17, 15) is 9.90 Å². The van der Waals surface area contributed by atoms with Crippen molar-refractivity contribution in [3.63, 3.8) is 0 Å². The number of aromatic hydroxyl groups is 1. The molecule has 1 aliphatic heterocycles. The summed E-state index contributed by atoms with van der Waals surface area (Å²) in [6, 6.07) is 17.7. The number of rotatable bonds is 5. The quantitative estimate of drug-likeness (QED) is 0.661. The third-order valence-electron chi connectivity index (χ3n) is 5.09. The molecule has 0 bridgehead atoms. The van der Waals surface area contributed by atoms with E-state index in [1.165, 1.54) is 7.11 Å². The number of amides is 1. The number of hydrogen-bond acceptors (Lipinski definition) is 6. The summed E-state index contributed by atoms with van der Waals surface area (Å²) < 4.78 is 16.0. The molecular formula is C23H22N2O5. The Hall–Kier alpha value is -3.87. The summed E-state index contributed by atoms with van der Waals surface area (Å²) in [5, 5.41) is 13.7. The molecule has 30 heavy (non-hydrogen) atoms. The van der Waals surface area contributed by atoms with Gasteiger partial charge in [0.2, 0.25) is 0 Å². The van der Waals surface area contributed by atoms with Crippen LogP contribution in [-0.2, 0) is 0 Å². The second-order valence-corrected chi connectivity index (χ2v) is 6.74. The Labute approximate surface area is 174 Å². The molecule has 0 saturated carbocycles. The summed E-state index contributed by atoms with van der Waals surface area (Å²) in [5.41, 5.74) is 2.52. The zero-order valence-electron chi connectivity index (χ0n) is 16.9. The van der Waals surface area contributed by atoms with Gasteiger partial charge in [-0.1, -0.05) is 18.2 Å². The Bertz CT molecular complexity index is 1100. The summed E-state index contributed by atoms with van der Waals surface area (Å²) in [6.45, 7) is 0. The first kappa shape index (κ1) is 19.4. The van der Waals surface area contributed by atoms with Crippen LogP contribution in [0.2, 0.25) is 0 Å². The number of anilines is 2. The van der Waals surface area contributed by atoms with E-state index in [0.717, 1.165) is 0 Å². The number of methoxy groups -OCH3 is 3. The lowest BCUT2D eigenvalue weighted by atomic mass is 10.0. The molecule has 0 saturated heterocycles. The van der Waals surface area contributed by atoms with Crippen molar-refractivity contribution in [2.45, 2.75) is 6.17 Å². The minimum atomic E-state index is -0.577. The van der Waals surface area contributed by atoms with Crippen molar-refractivity contribution in [1.29, 1.82) is 0 Å². The highest BCUT2D eigenvalue weighted by Gasteiger charge is 2.36. The molecule has 0 aliphatic carbocycles. The Balaban J connectivity index is 1.88. The SMILES string of the molecule is COc1ccc(N2C(=O)c3ccccc3NC2c2ccc(OC)c(O)c2)c(OC)c1. The molecule has 1 unspecified atom stereocenters. The summed E-state index contributed by atoms with van der Waals surface area (Å²) >= 11 is 0. The van der Waals surface area contributed by atoms with Gasteiger partial charge in [0.25, 0.3) is 5.91 Å². The van der Waals surface area contributed by atoms with Gasteiger partial charge in [-0.25, -0.2) is 0 Å². The molecule has 0 spiro atoms. The number of nitrogens with one attached hydrogen (secondary N) is 1. The molecule has 3 aromatic rings. The molecule has 0 fully saturated rings. The topological polar surface area (TPSA) is 80.3 Å². The molecule has 7 nitrogen and oxygen atoms in total. The Morgan fingerprint density at radius 3 is 2.37 bits per heavy atom. The van der Waals surface area contributed by atoms with E-state index in [1.54, 1.807) is 61.6 Å². The molecule has 1 heterocycles. The normalized spacial score (nSPS) is 15.2. The highest BCUT2D eigenvalue weighted by molar-refractivity contribution is 6.12. The van der Waals surface area contributed by atoms with Gasteiger partial charge < -0.3 is 24.6 Å². The van der Waals surface area contributed by atoms with Crippen LogP contribution in [0.25, 0.3) is 0 Å². The number of hydrogen-bond donors (Lipinski definition) is 2. The molecule has 0 radical (unpaired) electrons. The van der Waals surface area contributed by atoms with Crippen molar-refractivity contribution >= 4 is 17.3 Å². The molecular weight excluding hydrogens is 384 g/mol. The van der Waals surface area contributed by atoms with Crippen LogP contribution in [0.3, 0.4) is 0 Å². The molecule has 0 aromatic heterocycles. The summed E-state index contributed by atoms with van der Waals surface area (Å²) in [6.07, 6.45) is -0.577. The number of carbonyl (C=O) groups excluding carboxylic acids is 1. The van der Waals surface area contributed by atoms with Crippen molar-refractivity contribution in [2.75, 3.05) is 31.5 Å². The number of nitrogens with zero attached hydrogens (tertiary/aromatic N) is 1. The number of para-hydroxylation sites is 1. The Morgan fingerprint density at radius 1 is 0.900 bits per heavy atom. The highest BCUT2D eigenvalue weighted by atomic mass is 16.5. The van der Waals surface area contributed by atoms with Crippen LogP contribution in [0.4, 0.5) is 11.4 Å². The first-order chi connectivity index (χ1) is 14.6. The third kappa shape index (κ3) is 3.24. The number of fused-ring (bicyclic) bond motifs is 1. The number of benzene rings is 3. The maximum atomic E-state index is 13.5. The van der Waals surface area contributed by atoms with Gasteiger partial charge in [-0.3, -0.25) is 9.69 Å². The monoisotopic (exact) mass is 406 g/mol. The first-order valence-corrected chi connectivity index (χ1v) is 9.35. The predicted molar refractivity (Wildman–Crippen MR) is 114 cm³/mol. The van der Waals surface area contributed by atoms with Crippen molar-refractivity contribution in [2.24, 2.45) is 0 Å². The number of phenolic OH excluding ortho intramolecular Hbond substituents is 1. The van der Waals surface area contributed by atoms with Crippen molar-refractivity contribution in [3.05, 3.63) is 71.8 Å². The molecule has 154 valence electrons. The molecule has 1 atom stereocenters. The van der Waals surface area contributed by atoms with Crippen LogP contribution in [0.5, 0.6) is 23.0 Å². The molecule has 1 aliphatic rings. The smallest absolute Gasteiger partial charge is 0.262 e. The summed E-state index contributed by atoms with van der Waals surface area (Å²) in [7, 11) is 4.60. The second kappa shape index (κ2) is 7.87. The Morgan fingerprint density at radius 2 is 1.67 bits per heavy atom. The first-order valence-electron chi connectivity index (χ1n) is 9.35. The molecule has 7 heteroatoms. The minimum Gasteiger partial charge on any atom is -0.504 e. The predicted octanol–water partition coefficient (Wildman–Crippen LogP) is 4.19. The second-order valence-electron chi connectivity index (χ2n) is 6.74. The lowest BCUT2D eigenvalue weighted by molar-refractivity contribution is 0.0974. The zero-order chi connectivity index (χ0) is 21.3. The molecule has 2 N–H and O–H groups in total. The van der Waals surface area contributed by atoms with Gasteiger partial charge in [0, 0.05) is 11.8 Å². The van der Waals surface area contributed by atoms with Crippen LogP contribution in [0, 0.1) is 0 Å². The molecule has 4 rings (SSSR count). The zero-order valence-corrected chi connectivity index (χ0v) is 16.9. The summed E-state index contributed by atoms with van der Waals surface area (Å²) in [5.74, 6) is 1.27. The van der Waals surface area contributed by atoms with Gasteiger partial charge in [-0.15, -0.1) is 0 Å². The molecule has 1 amide bonds. The van der Waals surface area contributed by atoms with E-state index in [4.69, 9.17) is 14.2 Å². The largest absolute Gasteiger partial charge is 0.504 e. The van der Waals surface area contributed by atoms with E-state index in [-0.39, 0.29) is 11.7 Å². The van der Waals surface area contributed by atoms with E-state index in [1.807, 2.05) is 18.2 Å². The lowest BCUT2D eigenvalue weighted by Gasteiger charge is -2.38. The minimum absolute atomic E-state index is 0.00949. The van der Waals surface area contributed by atoms with Crippen molar-refractivity contribution < 1.29 is 24.1 Å². The average Bonchev–Trinajstić information content (AvgIpc) is 2.78. The highest BCUT2D eigenvalue weighted by Crippen LogP contribution is 2.42. The van der Waals surface area contributed by atoms with Gasteiger partial charge in [0.05, 0.1) is 32.6 Å². The van der Waals surface area contributed by atoms with Crippen LogP contribution < -0.4 is 24.4 Å². The van der Waals surface area contributed by atoms with Crippen LogP contribution >= 0.6 is 0 Å². The Kier molecular flexibility index (Phi) is 5.10. The van der Waals surface area contributed by atoms with Crippen LogP contribution in [0.1, 0.15) is 22.1 Å². The van der Waals surface area contributed by atoms with Crippen molar-refractivity contribution in [3.8, 4) is 23.0 Å². The maximum Gasteiger partial charge on any atom is 0.262 e.